The number of likely N-dealkylation sites (tertiary alicyclic amines) is 3. The average Bonchev–Trinajstić information content (AvgIpc) is 2.22. The van der Waals surface area contributed by atoms with Gasteiger partial charge in [-0.1, -0.05) is 18.2 Å². The number of benzene rings is 3. The predicted octanol–water partition coefficient (Wildman–Crippen LogP) is 3.70. The molecule has 8 aliphatic carbocycles. The maximum absolute atomic E-state index is 14.0. The van der Waals surface area contributed by atoms with Crippen molar-refractivity contribution >= 4 is 0 Å². The summed E-state index contributed by atoms with van der Waals surface area (Å²) in [5.74, 6) is 2.74. The topological polar surface area (TPSA) is 190 Å². The molecule has 0 aromatic heterocycles. The second-order valence-corrected chi connectivity index (χ2v) is 28.0. The molecular weight excluding hydrogens is 969 g/mol. The summed E-state index contributed by atoms with van der Waals surface area (Å²) in [7, 11) is 2.12. The number of hydrogen-bond acceptors (Lipinski definition) is 16. The number of ether oxygens (including phenoxy) is 6. The van der Waals surface area contributed by atoms with Gasteiger partial charge < -0.3 is 64.0 Å². The lowest BCUT2D eigenvalue weighted by atomic mass is 9.46. The van der Waals surface area contributed by atoms with Gasteiger partial charge in [0.2, 0.25) is 0 Å². The van der Waals surface area contributed by atoms with E-state index in [0.717, 1.165) is 66.1 Å². The van der Waals surface area contributed by atoms with Crippen molar-refractivity contribution in [2.24, 2.45) is 11.8 Å². The molecule has 0 radical (unpaired) electrons. The highest BCUT2D eigenvalue weighted by Crippen LogP contribution is 2.78. The molecule has 76 heavy (non-hydrogen) atoms. The van der Waals surface area contributed by atoms with E-state index in [9.17, 15) is 30.6 Å². The third kappa shape index (κ3) is 4.26. The van der Waals surface area contributed by atoms with Crippen LogP contribution in [0.25, 0.3) is 0 Å². The predicted molar refractivity (Wildman–Crippen MR) is 267 cm³/mol. The number of aromatic hydroxyl groups is 3. The number of hydrogen-bond donors (Lipinski definition) is 6. The van der Waals surface area contributed by atoms with Crippen LogP contribution in [0.4, 0.5) is 0 Å². The van der Waals surface area contributed by atoms with Crippen LogP contribution in [0.15, 0.2) is 36.4 Å². The molecule has 16 heteroatoms. The van der Waals surface area contributed by atoms with Gasteiger partial charge in [0.1, 0.15) is 53.8 Å². The van der Waals surface area contributed by atoms with Gasteiger partial charge in [0.15, 0.2) is 34.5 Å². The van der Waals surface area contributed by atoms with Crippen molar-refractivity contribution in [3.05, 3.63) is 69.8 Å². The minimum atomic E-state index is -1.24. The molecule has 0 amide bonds. The van der Waals surface area contributed by atoms with Crippen LogP contribution in [0.5, 0.6) is 34.5 Å². The fourth-order valence-corrected chi connectivity index (χ4v) is 22.3. The molecule has 6 bridgehead atoms. The molecule has 6 N–H and O–H groups in total. The Hall–Kier alpha value is -3.94. The monoisotopic (exact) mass is 1040 g/mol. The second-order valence-electron chi connectivity index (χ2n) is 28.0. The number of rotatable bonds is 4. The minimum Gasteiger partial charge on any atom is -0.504 e. The van der Waals surface area contributed by atoms with Crippen molar-refractivity contribution in [2.45, 2.75) is 208 Å². The molecule has 9 aliphatic heterocycles. The van der Waals surface area contributed by atoms with Gasteiger partial charge in [-0.05, 0) is 176 Å². The van der Waals surface area contributed by atoms with Crippen LogP contribution in [-0.2, 0) is 49.7 Å². The smallest absolute Gasteiger partial charge is 0.165 e. The first-order valence-corrected chi connectivity index (χ1v) is 29.4. The van der Waals surface area contributed by atoms with Crippen LogP contribution < -0.4 is 14.2 Å². The van der Waals surface area contributed by atoms with Crippen LogP contribution in [0.1, 0.15) is 117 Å². The molecule has 11 fully saturated rings. The van der Waals surface area contributed by atoms with Gasteiger partial charge in [-0.15, -0.1) is 0 Å². The van der Waals surface area contributed by atoms with E-state index in [2.05, 4.69) is 38.8 Å². The maximum Gasteiger partial charge on any atom is 0.165 e. The van der Waals surface area contributed by atoms with Gasteiger partial charge in [0, 0.05) is 47.9 Å². The Morgan fingerprint density at radius 3 is 1.20 bits per heavy atom. The van der Waals surface area contributed by atoms with Crippen molar-refractivity contribution in [3.63, 3.8) is 0 Å². The third-order valence-electron chi connectivity index (χ3n) is 25.6. The lowest BCUT2D eigenvalue weighted by molar-refractivity contribution is -0.287. The zero-order valence-corrected chi connectivity index (χ0v) is 43.1. The average molecular weight is 1040 g/mol. The fraction of sp³-hybridized carbons (Fsp3) is 0.700. The molecule has 18 atom stereocenters. The van der Waals surface area contributed by atoms with Gasteiger partial charge in [-0.25, -0.2) is 4.90 Å². The van der Waals surface area contributed by atoms with Crippen LogP contribution >= 0.6 is 0 Å². The number of piperidine rings is 3. The Bertz CT molecular complexity index is 3110. The van der Waals surface area contributed by atoms with Crippen LogP contribution in [0, 0.1) is 11.8 Å². The first kappa shape index (κ1) is 43.9. The molecule has 6 saturated heterocycles. The lowest BCUT2D eigenvalue weighted by Crippen LogP contribution is -2.81. The normalized spacial score (nSPS) is 51.4. The standard InChI is InChI=1S/C60H68N4O12/c1-61-21-18-52-40-31-6-9-34(65)43(40)71-46(52)55(12-15-58(52,68)37(61)24-31)49-64-50(74-55)56(13-16-59(69)38-25-32-7-10-35(66)44-41(32)53(59,47(56)72-44)19-22-62(38)27-29-2-3-29)76-51(64)57(75-49)14-17-60(70)39-26-33-8-11-36(67)45-42(33)54(60,48(57)73-45)20-23-63(39)28-30-4-5-30/h6-11,29-30,37-39,46-51,65-70H,2-5,12-28H2,1H3/t37-,38-,39-,46-,47-,48-,49+,50+,51+,52+,53+,54+,55+,56+,57+,58-,59-,60-/m1/s1. The number of phenolic OH excluding ortho intramolecular Hbond substituents is 3. The Morgan fingerprint density at radius 1 is 0.461 bits per heavy atom. The number of aliphatic hydroxyl groups is 3. The minimum absolute atomic E-state index is 0.0500. The molecule has 16 nitrogen and oxygen atoms in total. The second kappa shape index (κ2) is 13.0. The largest absolute Gasteiger partial charge is 0.504 e. The summed E-state index contributed by atoms with van der Waals surface area (Å²) in [5.41, 5.74) is -4.19. The van der Waals surface area contributed by atoms with E-state index >= 15 is 0 Å². The molecule has 5 saturated carbocycles. The molecular formula is C60H68N4O12. The summed E-state index contributed by atoms with van der Waals surface area (Å²) in [6.07, 6.45) is 6.29. The van der Waals surface area contributed by atoms with E-state index in [1.54, 1.807) is 18.2 Å². The van der Waals surface area contributed by atoms with Crippen molar-refractivity contribution in [2.75, 3.05) is 39.8 Å². The van der Waals surface area contributed by atoms with Gasteiger partial charge in [-0.2, -0.15) is 0 Å². The Morgan fingerprint density at radius 2 is 0.816 bits per heavy atom. The van der Waals surface area contributed by atoms with Crippen LogP contribution in [0.3, 0.4) is 0 Å². The molecule has 400 valence electrons. The number of nitrogens with zero attached hydrogens (tertiary/aromatic N) is 4. The number of likely N-dealkylation sites (N-methyl/N-ethyl adjacent to an activating group) is 1. The van der Waals surface area contributed by atoms with E-state index in [1.807, 2.05) is 6.07 Å². The summed E-state index contributed by atoms with van der Waals surface area (Å²) < 4.78 is 47.0. The summed E-state index contributed by atoms with van der Waals surface area (Å²) in [6.45, 7) is 4.20. The zero-order chi connectivity index (χ0) is 50.4. The number of fused-ring (bicyclic) bond motifs is 6. The van der Waals surface area contributed by atoms with E-state index in [4.69, 9.17) is 28.4 Å². The summed E-state index contributed by atoms with van der Waals surface area (Å²) >= 11 is 0. The van der Waals surface area contributed by atoms with E-state index in [-0.39, 0.29) is 35.4 Å². The highest BCUT2D eigenvalue weighted by atomic mass is 16.7. The van der Waals surface area contributed by atoms with Crippen LogP contribution in [0.2, 0.25) is 0 Å². The Kier molecular flexibility index (Phi) is 7.48. The summed E-state index contributed by atoms with van der Waals surface area (Å²) in [5, 5.41) is 77.5. The van der Waals surface area contributed by atoms with E-state index < -0.39 is 86.8 Å². The SMILES string of the molecule is CN1CC[C@]23c4c5ccc(O)c4O[C@H]2[C@]2(CC[C@@]3(O)[C@H]1C5)O[C@@H]1N3[C@H]2O[C@]2(CC[C@@]4(O)[C@H]5Cc6ccc(O)c7c6[C@@]4(CCN5CC4CC4)[C@H]2O7)[C@@H]3O[C@]12CC[C@@]1(O)[C@H]3Cc4ccc(O)c5c4[C@@]1(CCN3CC1CC1)[C@H]2O5. The fourth-order valence-electron chi connectivity index (χ4n) is 22.3. The van der Waals surface area contributed by atoms with Crippen LogP contribution in [-0.4, -0.2) is 179 Å². The molecule has 6 spiro atoms. The lowest BCUT2D eigenvalue weighted by Gasteiger charge is -2.66. The van der Waals surface area contributed by atoms with Crippen molar-refractivity contribution in [3.8, 4) is 34.5 Å². The summed E-state index contributed by atoms with van der Waals surface area (Å²) in [4.78, 5) is 9.78. The van der Waals surface area contributed by atoms with Crippen molar-refractivity contribution < 1.29 is 59.1 Å². The highest BCUT2D eigenvalue weighted by molar-refractivity contribution is 5.67. The zero-order valence-electron chi connectivity index (χ0n) is 43.1. The quantitative estimate of drug-likeness (QED) is 0.222. The Balaban J connectivity index is 0.802. The summed E-state index contributed by atoms with van der Waals surface area (Å²) in [6, 6.07) is 10.9. The first-order chi connectivity index (χ1) is 36.7. The van der Waals surface area contributed by atoms with Gasteiger partial charge in [0.25, 0.3) is 0 Å². The van der Waals surface area contributed by atoms with Gasteiger partial charge in [-0.3, -0.25) is 9.80 Å². The maximum atomic E-state index is 14.0. The van der Waals surface area contributed by atoms with Crippen molar-refractivity contribution in [1.82, 2.24) is 19.6 Å². The third-order valence-corrected chi connectivity index (χ3v) is 25.6. The van der Waals surface area contributed by atoms with E-state index in [0.29, 0.717) is 106 Å². The van der Waals surface area contributed by atoms with Gasteiger partial charge in [0.05, 0.1) is 33.0 Å². The highest BCUT2D eigenvalue weighted by Gasteiger charge is 2.91. The molecule has 17 aliphatic rings. The molecule has 0 unspecified atom stereocenters. The molecule has 3 aromatic rings. The van der Waals surface area contributed by atoms with Crippen molar-refractivity contribution in [1.29, 1.82) is 0 Å². The molecule has 20 rings (SSSR count). The van der Waals surface area contributed by atoms with E-state index in [1.165, 1.54) is 25.7 Å². The molecule has 3 aromatic carbocycles. The molecule has 9 heterocycles. The first-order valence-electron chi connectivity index (χ1n) is 29.4. The number of phenols is 3. The Labute approximate surface area is 440 Å². The van der Waals surface area contributed by atoms with Gasteiger partial charge >= 0.3 is 0 Å².